The van der Waals surface area contributed by atoms with Crippen LogP contribution in [0.25, 0.3) is 0 Å². The second-order valence-electron chi connectivity index (χ2n) is 4.73. The molecule has 0 fully saturated rings. The maximum Gasteiger partial charge on any atom is 0.328 e. The zero-order valence-corrected chi connectivity index (χ0v) is 13.0. The van der Waals surface area contributed by atoms with Crippen LogP contribution in [0.1, 0.15) is 11.1 Å². The molecule has 2 aromatic carbocycles. The van der Waals surface area contributed by atoms with Gasteiger partial charge in [-0.25, -0.2) is 17.9 Å². The third kappa shape index (κ3) is 4.83. The molecule has 2 rings (SSSR count). The summed E-state index contributed by atoms with van der Waals surface area (Å²) in [5, 5.41) is 11.2. The summed E-state index contributed by atoms with van der Waals surface area (Å²) in [4.78, 5) is 11.6. The molecule has 118 valence electrons. The van der Waals surface area contributed by atoms with E-state index < -0.39 is 16.1 Å². The first-order valence-corrected chi connectivity index (χ1v) is 8.34. The minimum absolute atomic E-state index is 0.0743. The highest BCUT2D eigenvalue weighted by atomic mass is 32.2. The lowest BCUT2D eigenvalue weighted by Gasteiger charge is -2.08. The Kier molecular flexibility index (Phi) is 5.33. The van der Waals surface area contributed by atoms with Crippen molar-refractivity contribution < 1.29 is 13.2 Å². The number of nitrogens with one attached hydrogen (secondary N) is 2. The van der Waals surface area contributed by atoms with E-state index in [4.69, 9.17) is 5.26 Å². The number of amides is 2. The molecule has 0 heterocycles. The van der Waals surface area contributed by atoms with Crippen molar-refractivity contribution >= 4 is 16.1 Å². The number of hydrogen-bond acceptors (Lipinski definition) is 4. The summed E-state index contributed by atoms with van der Waals surface area (Å²) >= 11 is 0. The molecule has 2 amide bonds. The number of nitriles is 1. The minimum atomic E-state index is -3.95. The zero-order chi connectivity index (χ0) is 16.7. The van der Waals surface area contributed by atoms with Gasteiger partial charge in [0.25, 0.3) is 10.0 Å². The van der Waals surface area contributed by atoms with Gasteiger partial charge in [0.15, 0.2) is 0 Å². The second-order valence-corrected chi connectivity index (χ2v) is 6.42. The SMILES string of the molecule is N#Cc1ccc(S(=O)(=O)NC(=O)NCCc2ccccc2)cc1. The van der Waals surface area contributed by atoms with Gasteiger partial charge >= 0.3 is 6.03 Å². The number of rotatable bonds is 5. The van der Waals surface area contributed by atoms with Gasteiger partial charge in [-0.3, -0.25) is 0 Å². The molecule has 0 atom stereocenters. The number of sulfonamides is 1. The highest BCUT2D eigenvalue weighted by molar-refractivity contribution is 7.90. The Morgan fingerprint density at radius 2 is 1.70 bits per heavy atom. The Labute approximate surface area is 134 Å². The van der Waals surface area contributed by atoms with Gasteiger partial charge in [-0.05, 0) is 36.2 Å². The number of benzene rings is 2. The van der Waals surface area contributed by atoms with Crippen LogP contribution < -0.4 is 10.0 Å². The van der Waals surface area contributed by atoms with Crippen LogP contribution in [0.2, 0.25) is 0 Å². The van der Waals surface area contributed by atoms with Gasteiger partial charge in [-0.2, -0.15) is 5.26 Å². The van der Waals surface area contributed by atoms with E-state index in [2.05, 4.69) is 5.32 Å². The van der Waals surface area contributed by atoms with Crippen LogP contribution in [0.5, 0.6) is 0 Å². The summed E-state index contributed by atoms with van der Waals surface area (Å²) in [5.74, 6) is 0. The Hall–Kier alpha value is -2.85. The van der Waals surface area contributed by atoms with E-state index in [1.54, 1.807) is 0 Å². The molecule has 0 unspecified atom stereocenters. The predicted molar refractivity (Wildman–Crippen MR) is 85.0 cm³/mol. The van der Waals surface area contributed by atoms with Crippen molar-refractivity contribution in [3.8, 4) is 6.07 Å². The fraction of sp³-hybridized carbons (Fsp3) is 0.125. The lowest BCUT2D eigenvalue weighted by molar-refractivity contribution is 0.246. The largest absolute Gasteiger partial charge is 0.337 e. The van der Waals surface area contributed by atoms with Gasteiger partial charge in [-0.1, -0.05) is 30.3 Å². The fourth-order valence-corrected chi connectivity index (χ4v) is 2.82. The smallest absolute Gasteiger partial charge is 0.328 e. The van der Waals surface area contributed by atoms with Crippen LogP contribution in [-0.4, -0.2) is 21.0 Å². The molecule has 0 aliphatic rings. The number of carbonyl (C=O) groups excluding carboxylic acids is 1. The summed E-state index contributed by atoms with van der Waals surface area (Å²) in [5.41, 5.74) is 1.39. The van der Waals surface area contributed by atoms with Gasteiger partial charge in [0.05, 0.1) is 16.5 Å². The molecule has 6 nitrogen and oxygen atoms in total. The molecule has 0 saturated carbocycles. The standard InChI is InChI=1S/C16H15N3O3S/c17-12-14-6-8-15(9-7-14)23(21,22)19-16(20)18-11-10-13-4-2-1-3-5-13/h1-9H,10-11H2,(H2,18,19,20). The highest BCUT2D eigenvalue weighted by Gasteiger charge is 2.17. The molecule has 0 aliphatic heterocycles. The van der Waals surface area contributed by atoms with Gasteiger partial charge in [0.1, 0.15) is 0 Å². The molecule has 0 spiro atoms. The maximum absolute atomic E-state index is 12.0. The molecule has 0 bridgehead atoms. The maximum atomic E-state index is 12.0. The lowest BCUT2D eigenvalue weighted by Crippen LogP contribution is -2.40. The molecular formula is C16H15N3O3S. The molecule has 7 heteroatoms. The number of hydrogen-bond donors (Lipinski definition) is 2. The third-order valence-electron chi connectivity index (χ3n) is 3.06. The Morgan fingerprint density at radius 3 is 2.30 bits per heavy atom. The third-order valence-corrected chi connectivity index (χ3v) is 4.41. The normalized spacial score (nSPS) is 10.6. The van der Waals surface area contributed by atoms with Gasteiger partial charge in [0.2, 0.25) is 0 Å². The first-order valence-electron chi connectivity index (χ1n) is 6.86. The molecule has 23 heavy (non-hydrogen) atoms. The summed E-state index contributed by atoms with van der Waals surface area (Å²) in [7, 11) is -3.95. The average Bonchev–Trinajstić information content (AvgIpc) is 2.55. The van der Waals surface area contributed by atoms with E-state index in [0.717, 1.165) is 5.56 Å². The molecule has 2 N–H and O–H groups in total. The Balaban J connectivity index is 1.89. The van der Waals surface area contributed by atoms with Crippen LogP contribution in [0.3, 0.4) is 0 Å². The van der Waals surface area contributed by atoms with Crippen LogP contribution >= 0.6 is 0 Å². The topological polar surface area (TPSA) is 99.1 Å². The number of nitrogens with zero attached hydrogens (tertiary/aromatic N) is 1. The summed E-state index contributed by atoms with van der Waals surface area (Å²) < 4.78 is 26.0. The molecule has 0 aliphatic carbocycles. The van der Waals surface area contributed by atoms with Gasteiger partial charge < -0.3 is 5.32 Å². The molecular weight excluding hydrogens is 314 g/mol. The molecule has 0 saturated heterocycles. The minimum Gasteiger partial charge on any atom is -0.337 e. The van der Waals surface area contributed by atoms with E-state index in [1.807, 2.05) is 41.1 Å². The van der Waals surface area contributed by atoms with Crippen molar-refractivity contribution in [3.05, 3.63) is 65.7 Å². The van der Waals surface area contributed by atoms with Crippen LogP contribution in [0, 0.1) is 11.3 Å². The Morgan fingerprint density at radius 1 is 1.04 bits per heavy atom. The molecule has 0 aromatic heterocycles. The summed E-state index contributed by atoms with van der Waals surface area (Å²) in [6.45, 7) is 0.318. The van der Waals surface area contributed by atoms with E-state index >= 15 is 0 Å². The van der Waals surface area contributed by atoms with Crippen molar-refractivity contribution in [2.24, 2.45) is 0 Å². The predicted octanol–water partition coefficient (Wildman–Crippen LogP) is 1.79. The summed E-state index contributed by atoms with van der Waals surface area (Å²) in [6, 6.07) is 15.9. The first-order chi connectivity index (χ1) is 11.0. The molecule has 0 radical (unpaired) electrons. The van der Waals surface area contributed by atoms with E-state index in [9.17, 15) is 13.2 Å². The van der Waals surface area contributed by atoms with Crippen molar-refractivity contribution in [2.45, 2.75) is 11.3 Å². The number of urea groups is 1. The van der Waals surface area contributed by atoms with E-state index in [0.29, 0.717) is 18.5 Å². The van der Waals surface area contributed by atoms with Crippen molar-refractivity contribution in [2.75, 3.05) is 6.54 Å². The first kappa shape index (κ1) is 16.5. The Bertz CT molecular complexity index is 810. The lowest BCUT2D eigenvalue weighted by atomic mass is 10.1. The zero-order valence-electron chi connectivity index (χ0n) is 12.2. The van der Waals surface area contributed by atoms with E-state index in [1.165, 1.54) is 24.3 Å². The van der Waals surface area contributed by atoms with E-state index in [-0.39, 0.29) is 4.90 Å². The van der Waals surface area contributed by atoms with Gasteiger partial charge in [0, 0.05) is 6.54 Å². The van der Waals surface area contributed by atoms with Crippen LogP contribution in [0.4, 0.5) is 4.79 Å². The monoisotopic (exact) mass is 329 g/mol. The number of carbonyl (C=O) groups is 1. The van der Waals surface area contributed by atoms with Crippen LogP contribution in [0.15, 0.2) is 59.5 Å². The van der Waals surface area contributed by atoms with Crippen molar-refractivity contribution in [3.63, 3.8) is 0 Å². The fourth-order valence-electron chi connectivity index (χ4n) is 1.89. The van der Waals surface area contributed by atoms with Gasteiger partial charge in [-0.15, -0.1) is 0 Å². The second kappa shape index (κ2) is 7.42. The quantitative estimate of drug-likeness (QED) is 0.873. The van der Waals surface area contributed by atoms with Crippen molar-refractivity contribution in [1.29, 1.82) is 5.26 Å². The molecule has 2 aromatic rings. The van der Waals surface area contributed by atoms with Crippen LogP contribution in [-0.2, 0) is 16.4 Å². The average molecular weight is 329 g/mol. The highest BCUT2D eigenvalue weighted by Crippen LogP contribution is 2.09. The van der Waals surface area contributed by atoms with Crippen molar-refractivity contribution in [1.82, 2.24) is 10.0 Å². The summed E-state index contributed by atoms with van der Waals surface area (Å²) in [6.07, 6.45) is 0.602.